The summed E-state index contributed by atoms with van der Waals surface area (Å²) in [6, 6.07) is 8.43. The normalized spacial score (nSPS) is 33.7. The van der Waals surface area contributed by atoms with Gasteiger partial charge >= 0.3 is 0 Å². The maximum Gasteiger partial charge on any atom is 0.257 e. The molecule has 5 heteroatoms. The quantitative estimate of drug-likeness (QED) is 0.793. The summed E-state index contributed by atoms with van der Waals surface area (Å²) in [6.07, 6.45) is 4.11. The smallest absolute Gasteiger partial charge is 0.257 e. The van der Waals surface area contributed by atoms with Crippen molar-refractivity contribution in [2.75, 3.05) is 31.2 Å². The summed E-state index contributed by atoms with van der Waals surface area (Å²) < 4.78 is 0. The number of amides is 1. The van der Waals surface area contributed by atoms with E-state index in [0.717, 1.165) is 42.9 Å². The predicted molar refractivity (Wildman–Crippen MR) is 98.6 cm³/mol. The number of carbonyl (C=O) groups excluding carboxylic acids is 1. The maximum absolute atomic E-state index is 12.8. The van der Waals surface area contributed by atoms with E-state index in [1.807, 2.05) is 18.2 Å². The van der Waals surface area contributed by atoms with Crippen molar-refractivity contribution in [2.45, 2.75) is 31.2 Å². The van der Waals surface area contributed by atoms with E-state index < -0.39 is 6.61 Å². The van der Waals surface area contributed by atoms with Gasteiger partial charge in [0.25, 0.3) is 5.91 Å². The molecule has 1 aliphatic carbocycles. The van der Waals surface area contributed by atoms with Crippen molar-refractivity contribution in [3.05, 3.63) is 52.7 Å². The van der Waals surface area contributed by atoms with Crippen LogP contribution >= 0.6 is 0 Å². The van der Waals surface area contributed by atoms with E-state index in [1.165, 1.54) is 11.1 Å². The fourth-order valence-electron chi connectivity index (χ4n) is 6.07. The van der Waals surface area contributed by atoms with Gasteiger partial charge in [-0.15, -0.1) is 0 Å². The molecule has 5 rings (SSSR count). The van der Waals surface area contributed by atoms with Gasteiger partial charge in [0.15, 0.2) is 0 Å². The molecule has 0 radical (unpaired) electrons. The van der Waals surface area contributed by atoms with Gasteiger partial charge in [-0.3, -0.25) is 14.6 Å². The van der Waals surface area contributed by atoms with Crippen LogP contribution in [0.15, 0.2) is 47.2 Å². The first-order chi connectivity index (χ1) is 12.7. The van der Waals surface area contributed by atoms with E-state index in [-0.39, 0.29) is 23.8 Å². The summed E-state index contributed by atoms with van der Waals surface area (Å²) in [7, 11) is 0. The average molecular weight is 352 g/mol. The Labute approximate surface area is 153 Å². The van der Waals surface area contributed by atoms with E-state index in [4.69, 9.17) is 0 Å². The lowest BCUT2D eigenvalue weighted by Gasteiger charge is -2.50. The van der Waals surface area contributed by atoms with Crippen molar-refractivity contribution in [1.29, 1.82) is 0 Å². The first-order valence-corrected chi connectivity index (χ1v) is 9.44. The third-order valence-corrected chi connectivity index (χ3v) is 7.02. The molecule has 3 heterocycles. The molecule has 1 amide bonds. The van der Waals surface area contributed by atoms with Crippen LogP contribution in [0, 0.1) is 5.92 Å². The molecule has 2 saturated heterocycles. The fourth-order valence-corrected chi connectivity index (χ4v) is 6.07. The molecule has 136 valence electrons. The Hall–Kier alpha value is -1.95. The van der Waals surface area contributed by atoms with Crippen LogP contribution in [0.25, 0.3) is 0 Å². The van der Waals surface area contributed by atoms with Gasteiger partial charge in [0, 0.05) is 30.7 Å². The Balaban J connectivity index is 1.85. The molecule has 3 unspecified atom stereocenters. The monoisotopic (exact) mass is 352 g/mol. The van der Waals surface area contributed by atoms with Crippen LogP contribution < -0.4 is 4.90 Å². The van der Waals surface area contributed by atoms with Gasteiger partial charge in [0.1, 0.15) is 6.61 Å². The molecule has 3 atom stereocenters. The molecule has 1 spiro atoms. The minimum atomic E-state index is -0.526. The highest BCUT2D eigenvalue weighted by Crippen LogP contribution is 2.63. The first kappa shape index (κ1) is 16.2. The molecular weight excluding hydrogens is 328 g/mol. The number of piperidine rings is 1. The van der Waals surface area contributed by atoms with Crippen molar-refractivity contribution >= 4 is 11.6 Å². The number of hydrogen-bond donors (Lipinski definition) is 2. The second-order valence-corrected chi connectivity index (χ2v) is 7.80. The molecule has 4 aliphatic rings. The van der Waals surface area contributed by atoms with Gasteiger partial charge in [-0.2, -0.15) is 0 Å². The first-order valence-electron chi connectivity index (χ1n) is 9.44. The molecule has 2 N–H and O–H groups in total. The number of nitrogens with zero attached hydrogens (tertiary/aromatic N) is 2. The van der Waals surface area contributed by atoms with E-state index in [0.29, 0.717) is 6.04 Å². The van der Waals surface area contributed by atoms with Crippen molar-refractivity contribution in [2.24, 2.45) is 5.92 Å². The van der Waals surface area contributed by atoms with Crippen molar-refractivity contribution in [3.63, 3.8) is 0 Å². The van der Waals surface area contributed by atoms with Gasteiger partial charge in [0.2, 0.25) is 0 Å². The molecular formula is C21H24N2O3. The van der Waals surface area contributed by atoms with Crippen LogP contribution in [0.5, 0.6) is 0 Å². The van der Waals surface area contributed by atoms with E-state index >= 15 is 0 Å². The summed E-state index contributed by atoms with van der Waals surface area (Å²) in [5.41, 5.74) is 5.06. The van der Waals surface area contributed by atoms with Gasteiger partial charge in [-0.1, -0.05) is 29.8 Å². The molecule has 1 aromatic carbocycles. The third kappa shape index (κ3) is 1.73. The van der Waals surface area contributed by atoms with Crippen molar-refractivity contribution in [3.8, 4) is 0 Å². The van der Waals surface area contributed by atoms with Crippen LogP contribution in [-0.4, -0.2) is 53.4 Å². The SMILES string of the molecule is CC=C1CN2CCC34C(=C(CO)C1CC23)N(C(=O)CO)c1ccccc14. The standard InChI is InChI=1S/C21H24N2O3/c1-2-13-10-22-8-7-21-16-5-3-4-6-17(16)23(19(26)12-25)20(21)15(11-24)14(13)9-18(21)22/h2-6,14,18,24-25H,7-12H2,1H3. The number of hydrogen-bond acceptors (Lipinski definition) is 4. The Kier molecular flexibility index (Phi) is 3.45. The molecule has 2 bridgehead atoms. The molecule has 0 aromatic heterocycles. The second kappa shape index (κ2) is 5.52. The number of benzene rings is 1. The van der Waals surface area contributed by atoms with Gasteiger partial charge < -0.3 is 10.2 Å². The number of para-hydroxylation sites is 1. The molecule has 2 fully saturated rings. The average Bonchev–Trinajstić information content (AvgIpc) is 3.21. The number of rotatable bonds is 2. The Morgan fingerprint density at radius 2 is 2.15 bits per heavy atom. The summed E-state index contributed by atoms with van der Waals surface area (Å²) in [4.78, 5) is 17.0. The third-order valence-electron chi connectivity index (χ3n) is 7.02. The number of aliphatic hydroxyl groups excluding tert-OH is 2. The van der Waals surface area contributed by atoms with Crippen LogP contribution in [0.4, 0.5) is 5.69 Å². The van der Waals surface area contributed by atoms with Crippen LogP contribution in [0.1, 0.15) is 25.3 Å². The number of anilines is 1. The zero-order valence-corrected chi connectivity index (χ0v) is 15.0. The number of aliphatic hydroxyl groups is 2. The summed E-state index contributed by atoms with van der Waals surface area (Å²) in [5, 5.41) is 20.0. The summed E-state index contributed by atoms with van der Waals surface area (Å²) in [5.74, 6) is -0.119. The maximum atomic E-state index is 12.8. The summed E-state index contributed by atoms with van der Waals surface area (Å²) >= 11 is 0. The van der Waals surface area contributed by atoms with Crippen molar-refractivity contribution < 1.29 is 15.0 Å². The Morgan fingerprint density at radius 3 is 2.88 bits per heavy atom. The second-order valence-electron chi connectivity index (χ2n) is 7.80. The van der Waals surface area contributed by atoms with Crippen LogP contribution in [0.3, 0.4) is 0 Å². The predicted octanol–water partition coefficient (Wildman–Crippen LogP) is 1.56. The number of fused-ring (bicyclic) bond motifs is 2. The highest BCUT2D eigenvalue weighted by Gasteiger charge is 2.63. The number of carbonyl (C=O) groups is 1. The summed E-state index contributed by atoms with van der Waals surface area (Å²) in [6.45, 7) is 3.43. The molecule has 5 nitrogen and oxygen atoms in total. The van der Waals surface area contributed by atoms with E-state index in [9.17, 15) is 15.0 Å². The highest BCUT2D eigenvalue weighted by molar-refractivity contribution is 6.02. The minimum Gasteiger partial charge on any atom is -0.392 e. The Morgan fingerprint density at radius 1 is 1.35 bits per heavy atom. The van der Waals surface area contributed by atoms with Crippen molar-refractivity contribution in [1.82, 2.24) is 4.90 Å². The van der Waals surface area contributed by atoms with Crippen LogP contribution in [-0.2, 0) is 10.2 Å². The topological polar surface area (TPSA) is 64.0 Å². The fraction of sp³-hybridized carbons (Fsp3) is 0.476. The Bertz CT molecular complexity index is 859. The highest BCUT2D eigenvalue weighted by atomic mass is 16.3. The van der Waals surface area contributed by atoms with Gasteiger partial charge in [-0.05, 0) is 37.0 Å². The zero-order chi connectivity index (χ0) is 18.1. The van der Waals surface area contributed by atoms with E-state index in [2.05, 4.69) is 24.0 Å². The minimum absolute atomic E-state index is 0.0466. The van der Waals surface area contributed by atoms with E-state index in [1.54, 1.807) is 4.90 Å². The zero-order valence-electron chi connectivity index (χ0n) is 15.0. The molecule has 26 heavy (non-hydrogen) atoms. The number of allylic oxidation sites excluding steroid dienone is 1. The lowest BCUT2D eigenvalue weighted by Crippen LogP contribution is -2.54. The van der Waals surface area contributed by atoms with Crippen LogP contribution in [0.2, 0.25) is 0 Å². The van der Waals surface area contributed by atoms with Gasteiger partial charge in [-0.25, -0.2) is 0 Å². The largest absolute Gasteiger partial charge is 0.392 e. The lowest BCUT2D eigenvalue weighted by molar-refractivity contribution is -0.120. The molecule has 0 saturated carbocycles. The molecule has 3 aliphatic heterocycles. The molecule has 1 aromatic rings. The van der Waals surface area contributed by atoms with Gasteiger partial charge in [0.05, 0.1) is 17.7 Å². The lowest BCUT2D eigenvalue weighted by atomic mass is 9.62.